The molecule has 0 aliphatic heterocycles. The Morgan fingerprint density at radius 1 is 1.00 bits per heavy atom. The van der Waals surface area contributed by atoms with Gasteiger partial charge in [-0.25, -0.2) is 0 Å². The van der Waals surface area contributed by atoms with Gasteiger partial charge in [0.25, 0.3) is 0 Å². The Bertz CT molecular complexity index is 229. The molecular formula is C15H27Cl2NO. The first-order valence-corrected chi connectivity index (χ1v) is 8.34. The first-order chi connectivity index (χ1) is 9.20. The van der Waals surface area contributed by atoms with Gasteiger partial charge in [-0.1, -0.05) is 51.9 Å². The summed E-state index contributed by atoms with van der Waals surface area (Å²) in [4.78, 5) is -0.473. The Morgan fingerprint density at radius 2 is 1.63 bits per heavy atom. The fourth-order valence-corrected chi connectivity index (χ4v) is 2.22. The van der Waals surface area contributed by atoms with Crippen LogP contribution in [0, 0.1) is 11.3 Å². The number of alkyl halides is 2. The number of nitriles is 1. The zero-order valence-electron chi connectivity index (χ0n) is 12.0. The molecule has 0 aromatic rings. The summed E-state index contributed by atoms with van der Waals surface area (Å²) in [6.45, 7) is 2.59. The molecule has 0 aliphatic carbocycles. The predicted molar refractivity (Wildman–Crippen MR) is 82.7 cm³/mol. The van der Waals surface area contributed by atoms with E-state index in [1.165, 1.54) is 38.5 Å². The summed E-state index contributed by atoms with van der Waals surface area (Å²) in [6.07, 6.45) is 11.5. The largest absolute Gasteiger partial charge is 0.375 e. The lowest BCUT2D eigenvalue weighted by Crippen LogP contribution is -2.16. The summed E-state index contributed by atoms with van der Waals surface area (Å²) in [5.41, 5.74) is 0. The van der Waals surface area contributed by atoms with Gasteiger partial charge in [0.15, 0.2) is 0 Å². The first-order valence-electron chi connectivity index (χ1n) is 7.47. The normalized spacial score (nSPS) is 12.6. The number of halogens is 2. The van der Waals surface area contributed by atoms with E-state index in [0.717, 1.165) is 19.3 Å². The van der Waals surface area contributed by atoms with Gasteiger partial charge in [-0.15, -0.1) is 23.2 Å². The highest BCUT2D eigenvalue weighted by Gasteiger charge is 2.10. The van der Waals surface area contributed by atoms with Crippen molar-refractivity contribution in [1.82, 2.24) is 0 Å². The summed E-state index contributed by atoms with van der Waals surface area (Å²) in [7, 11) is 0. The Kier molecular flexibility index (Phi) is 14.5. The number of rotatable bonds is 13. The van der Waals surface area contributed by atoms with Gasteiger partial charge < -0.3 is 4.74 Å². The second-order valence-electron chi connectivity index (χ2n) is 4.95. The maximum atomic E-state index is 8.63. The Morgan fingerprint density at radius 3 is 2.21 bits per heavy atom. The van der Waals surface area contributed by atoms with E-state index >= 15 is 0 Å². The highest BCUT2D eigenvalue weighted by molar-refractivity contribution is 6.44. The van der Waals surface area contributed by atoms with Gasteiger partial charge in [-0.3, -0.25) is 0 Å². The molecule has 2 nitrogen and oxygen atoms in total. The van der Waals surface area contributed by atoms with Crippen LogP contribution in [0.4, 0.5) is 0 Å². The minimum atomic E-state index is -0.473. The van der Waals surface area contributed by atoms with Crippen LogP contribution in [0.3, 0.4) is 0 Å². The second kappa shape index (κ2) is 14.4. The molecule has 0 aromatic heterocycles. The van der Waals surface area contributed by atoms with Gasteiger partial charge >= 0.3 is 0 Å². The zero-order valence-corrected chi connectivity index (χ0v) is 13.6. The molecule has 0 aromatic carbocycles. The lowest BCUT2D eigenvalue weighted by Gasteiger charge is -2.17. The molecule has 0 N–H and O–H groups in total. The predicted octanol–water partition coefficient (Wildman–Crippen LogP) is 5.62. The van der Waals surface area contributed by atoms with Crippen LogP contribution in [0.25, 0.3) is 0 Å². The average Bonchev–Trinajstić information content (AvgIpc) is 2.39. The summed E-state index contributed by atoms with van der Waals surface area (Å²) >= 11 is 11.3. The van der Waals surface area contributed by atoms with E-state index in [1.54, 1.807) is 0 Å². The molecule has 0 amide bonds. The summed E-state index contributed by atoms with van der Waals surface area (Å²) in [5.74, 6) is 0. The fourth-order valence-electron chi connectivity index (χ4n) is 2.07. The van der Waals surface area contributed by atoms with Crippen LogP contribution in [0.2, 0.25) is 0 Å². The van der Waals surface area contributed by atoms with E-state index in [4.69, 9.17) is 33.2 Å². The third kappa shape index (κ3) is 14.3. The third-order valence-electron chi connectivity index (χ3n) is 3.17. The van der Waals surface area contributed by atoms with Gasteiger partial charge in [0, 0.05) is 6.42 Å². The number of hydrogen-bond donors (Lipinski definition) is 0. The minimum Gasteiger partial charge on any atom is -0.375 e. The number of nitrogens with zero attached hydrogens (tertiary/aromatic N) is 1. The average molecular weight is 308 g/mol. The number of hydrogen-bond acceptors (Lipinski definition) is 2. The highest BCUT2D eigenvalue weighted by atomic mass is 35.5. The van der Waals surface area contributed by atoms with Crippen molar-refractivity contribution in [2.45, 2.75) is 82.1 Å². The van der Waals surface area contributed by atoms with Crippen LogP contribution >= 0.6 is 23.2 Å². The fraction of sp³-hybridized carbons (Fsp3) is 0.933. The molecule has 0 radical (unpaired) electrons. The topological polar surface area (TPSA) is 33.0 Å². The van der Waals surface area contributed by atoms with E-state index in [-0.39, 0.29) is 6.10 Å². The lowest BCUT2D eigenvalue weighted by atomic mass is 10.0. The molecule has 0 heterocycles. The minimum absolute atomic E-state index is 0.135. The maximum Gasteiger partial charge on any atom is 0.131 e. The number of unbranched alkanes of at least 4 members (excludes halogenated alkanes) is 6. The summed E-state index contributed by atoms with van der Waals surface area (Å²) < 4.78 is 5.64. The van der Waals surface area contributed by atoms with Crippen LogP contribution < -0.4 is 0 Å². The van der Waals surface area contributed by atoms with E-state index in [1.807, 2.05) is 0 Å². The van der Waals surface area contributed by atoms with E-state index < -0.39 is 4.84 Å². The van der Waals surface area contributed by atoms with Crippen LogP contribution in [0.15, 0.2) is 0 Å². The standard InChI is InChI=1S/C15H27Cl2NO/c1-2-3-4-5-6-7-8-10-14(11-9-12-18)19-13-15(16)17/h14-15H,2-11,13H2,1H3. The Balaban J connectivity index is 3.58. The van der Waals surface area contributed by atoms with E-state index in [0.29, 0.717) is 13.0 Å². The van der Waals surface area contributed by atoms with Crippen LogP contribution in [-0.4, -0.2) is 17.5 Å². The first kappa shape index (κ1) is 19.0. The summed E-state index contributed by atoms with van der Waals surface area (Å²) in [5, 5.41) is 8.63. The highest BCUT2D eigenvalue weighted by Crippen LogP contribution is 2.15. The van der Waals surface area contributed by atoms with Gasteiger partial charge in [-0.05, 0) is 12.8 Å². The third-order valence-corrected chi connectivity index (χ3v) is 3.42. The summed E-state index contributed by atoms with van der Waals surface area (Å²) in [6, 6.07) is 2.16. The molecule has 0 fully saturated rings. The molecule has 0 saturated heterocycles. The molecule has 0 spiro atoms. The van der Waals surface area contributed by atoms with Crippen molar-refractivity contribution < 1.29 is 4.74 Å². The van der Waals surface area contributed by atoms with Crippen molar-refractivity contribution in [2.24, 2.45) is 0 Å². The zero-order chi connectivity index (χ0) is 14.3. The molecule has 112 valence electrons. The molecule has 1 unspecified atom stereocenters. The molecular weight excluding hydrogens is 281 g/mol. The lowest BCUT2D eigenvalue weighted by molar-refractivity contribution is 0.0477. The van der Waals surface area contributed by atoms with Gasteiger partial charge in [0.05, 0.1) is 18.8 Å². The van der Waals surface area contributed by atoms with Crippen LogP contribution in [-0.2, 0) is 4.74 Å². The van der Waals surface area contributed by atoms with Crippen molar-refractivity contribution in [3.8, 4) is 6.07 Å². The molecule has 1 atom stereocenters. The maximum absolute atomic E-state index is 8.63. The van der Waals surface area contributed by atoms with Crippen LogP contribution in [0.1, 0.15) is 71.1 Å². The quantitative estimate of drug-likeness (QED) is 0.327. The van der Waals surface area contributed by atoms with Gasteiger partial charge in [-0.2, -0.15) is 5.26 Å². The van der Waals surface area contributed by atoms with Crippen LogP contribution in [0.5, 0.6) is 0 Å². The molecule has 0 aliphatic rings. The van der Waals surface area contributed by atoms with E-state index in [9.17, 15) is 0 Å². The molecule has 0 saturated carbocycles. The van der Waals surface area contributed by atoms with Crippen molar-refractivity contribution in [3.63, 3.8) is 0 Å². The SMILES string of the molecule is CCCCCCCCCC(CCC#N)OCC(Cl)Cl. The van der Waals surface area contributed by atoms with Crippen molar-refractivity contribution in [3.05, 3.63) is 0 Å². The van der Waals surface area contributed by atoms with Crippen molar-refractivity contribution >= 4 is 23.2 Å². The smallest absolute Gasteiger partial charge is 0.131 e. The number of ether oxygens (including phenoxy) is 1. The van der Waals surface area contributed by atoms with Gasteiger partial charge in [0.2, 0.25) is 0 Å². The molecule has 19 heavy (non-hydrogen) atoms. The van der Waals surface area contributed by atoms with Gasteiger partial charge in [0.1, 0.15) is 4.84 Å². The Labute approximate surface area is 128 Å². The van der Waals surface area contributed by atoms with Crippen molar-refractivity contribution in [1.29, 1.82) is 5.26 Å². The Hall–Kier alpha value is 0.0300. The molecule has 4 heteroatoms. The second-order valence-corrected chi connectivity index (χ2v) is 6.23. The van der Waals surface area contributed by atoms with Crippen molar-refractivity contribution in [2.75, 3.05) is 6.61 Å². The monoisotopic (exact) mass is 307 g/mol. The molecule has 0 rings (SSSR count). The molecule has 0 bridgehead atoms. The van der Waals surface area contributed by atoms with E-state index in [2.05, 4.69) is 13.0 Å².